The fraction of sp³-hybridized carbons (Fsp3) is 0.615. The molecule has 0 spiro atoms. The molecule has 0 amide bonds. The molecule has 0 unspecified atom stereocenters. The van der Waals surface area contributed by atoms with Gasteiger partial charge in [-0.3, -0.25) is 9.59 Å². The van der Waals surface area contributed by atoms with E-state index in [1.54, 1.807) is 0 Å². The molecule has 178 valence electrons. The van der Waals surface area contributed by atoms with E-state index in [-0.39, 0.29) is 42.2 Å². The molecule has 1 fully saturated rings. The van der Waals surface area contributed by atoms with Crippen LogP contribution in [0.5, 0.6) is 0 Å². The van der Waals surface area contributed by atoms with E-state index >= 15 is 0 Å². The second kappa shape index (κ2) is 14.5. The van der Waals surface area contributed by atoms with Crippen molar-refractivity contribution in [3.8, 4) is 0 Å². The summed E-state index contributed by atoms with van der Waals surface area (Å²) in [5.41, 5.74) is 1.75. The number of hydrogen-bond donors (Lipinski definition) is 2. The molecule has 0 heterocycles. The van der Waals surface area contributed by atoms with Crippen molar-refractivity contribution in [2.75, 3.05) is 13.2 Å². The van der Waals surface area contributed by atoms with Crippen molar-refractivity contribution in [2.45, 2.75) is 82.1 Å². The zero-order valence-corrected chi connectivity index (χ0v) is 19.8. The van der Waals surface area contributed by atoms with Crippen molar-refractivity contribution in [3.05, 3.63) is 47.5 Å². The Kier molecular flexibility index (Phi) is 12.0. The number of allylic oxidation sites excluding steroid dienone is 2. The Morgan fingerprint density at radius 3 is 2.56 bits per heavy atom. The number of benzene rings is 1. The predicted molar refractivity (Wildman–Crippen MR) is 127 cm³/mol. The van der Waals surface area contributed by atoms with Gasteiger partial charge in [-0.15, -0.1) is 11.6 Å². The quantitative estimate of drug-likeness (QED) is 0.130. The summed E-state index contributed by atoms with van der Waals surface area (Å²) in [5, 5.41) is 19.2. The number of ether oxygens (including phenoxy) is 1. The Morgan fingerprint density at radius 1 is 1.12 bits per heavy atom. The van der Waals surface area contributed by atoms with Crippen molar-refractivity contribution in [2.24, 2.45) is 5.92 Å². The molecular formula is C26H37ClO5. The van der Waals surface area contributed by atoms with Crippen LogP contribution in [0.15, 0.2) is 36.4 Å². The van der Waals surface area contributed by atoms with Gasteiger partial charge in [0.1, 0.15) is 6.61 Å². The van der Waals surface area contributed by atoms with Crippen LogP contribution in [0.25, 0.3) is 0 Å². The predicted octanol–water partition coefficient (Wildman–Crippen LogP) is 5.17. The molecule has 0 aromatic heterocycles. The third kappa shape index (κ3) is 8.34. The van der Waals surface area contributed by atoms with E-state index < -0.39 is 6.10 Å². The normalized spacial score (nSPS) is 23.0. The Balaban J connectivity index is 1.88. The number of hydrogen-bond acceptors (Lipinski definition) is 5. The van der Waals surface area contributed by atoms with Crippen molar-refractivity contribution in [1.82, 2.24) is 0 Å². The molecule has 1 aliphatic rings. The summed E-state index contributed by atoms with van der Waals surface area (Å²) in [4.78, 5) is 23.8. The minimum atomic E-state index is -0.497. The second-order valence-corrected chi connectivity index (χ2v) is 9.11. The lowest BCUT2D eigenvalue weighted by atomic mass is 9.85. The van der Waals surface area contributed by atoms with Gasteiger partial charge in [-0.2, -0.15) is 0 Å². The first-order valence-corrected chi connectivity index (χ1v) is 12.3. The molecule has 0 bridgehead atoms. The average molecular weight is 465 g/mol. The lowest BCUT2D eigenvalue weighted by molar-refractivity contribution is -0.144. The van der Waals surface area contributed by atoms with E-state index in [4.69, 9.17) is 21.4 Å². The number of aliphatic hydroxyl groups excluding tert-OH is 2. The maximum Gasteiger partial charge on any atom is 0.305 e. The fourth-order valence-corrected chi connectivity index (χ4v) is 4.81. The van der Waals surface area contributed by atoms with Crippen molar-refractivity contribution < 1.29 is 24.5 Å². The number of ketones is 1. The molecule has 2 N–H and O–H groups in total. The number of esters is 1. The monoisotopic (exact) mass is 464 g/mol. The molecule has 5 nitrogen and oxygen atoms in total. The molecule has 1 aromatic carbocycles. The number of Topliss-reactive ketones (excluding diaryl/α,β-unsaturated/α-hetero) is 1. The van der Waals surface area contributed by atoms with Crippen LogP contribution >= 0.6 is 11.6 Å². The van der Waals surface area contributed by atoms with Crippen LogP contribution in [0.1, 0.15) is 86.6 Å². The summed E-state index contributed by atoms with van der Waals surface area (Å²) in [6.07, 6.45) is 10.4. The van der Waals surface area contributed by atoms with Gasteiger partial charge in [0, 0.05) is 29.7 Å². The fourth-order valence-electron chi connectivity index (χ4n) is 4.36. The van der Waals surface area contributed by atoms with E-state index in [1.165, 1.54) is 0 Å². The average Bonchev–Trinajstić information content (AvgIpc) is 3.07. The molecular weight excluding hydrogens is 428 g/mol. The topological polar surface area (TPSA) is 83.8 Å². The summed E-state index contributed by atoms with van der Waals surface area (Å²) in [6, 6.07) is 7.68. The van der Waals surface area contributed by atoms with Gasteiger partial charge in [0.05, 0.1) is 12.7 Å². The summed E-state index contributed by atoms with van der Waals surface area (Å²) in [5.74, 6) is -0.0603. The van der Waals surface area contributed by atoms with Gasteiger partial charge >= 0.3 is 5.97 Å². The second-order valence-electron chi connectivity index (χ2n) is 8.55. The van der Waals surface area contributed by atoms with Gasteiger partial charge in [0.15, 0.2) is 5.78 Å². The SMILES string of the molecule is CCCCCC(=O)c1ccc([C@@H]2[C@@H](C/C=C\CCCC(=O)OCCO)[C@H](Cl)C[C@H]2O)cc1. The number of unbranched alkanes of at least 4 members (excludes halogenated alkanes) is 3. The van der Waals surface area contributed by atoms with Crippen LogP contribution < -0.4 is 0 Å². The van der Waals surface area contributed by atoms with Gasteiger partial charge in [0.25, 0.3) is 0 Å². The first-order valence-electron chi connectivity index (χ1n) is 11.8. The number of carbonyl (C=O) groups excluding carboxylic acids is 2. The third-order valence-corrected chi connectivity index (χ3v) is 6.61. The van der Waals surface area contributed by atoms with Crippen molar-refractivity contribution in [1.29, 1.82) is 0 Å². The Hall–Kier alpha value is -1.69. The van der Waals surface area contributed by atoms with Crippen LogP contribution in [-0.2, 0) is 9.53 Å². The standard InChI is InChI=1S/C26H37ClO5/c1-2-3-6-10-23(29)19-12-14-20(15-13-19)26-21(22(27)18-24(26)30)9-7-4-5-8-11-25(31)32-17-16-28/h4,7,12-15,21-22,24,26,28,30H,2-3,5-6,8-11,16-18H2,1H3/b7-4-/t21-,22+,24+,26+/m0/s1. The minimum Gasteiger partial charge on any atom is -0.463 e. The highest BCUT2D eigenvalue weighted by molar-refractivity contribution is 6.21. The van der Waals surface area contributed by atoms with Crippen molar-refractivity contribution >= 4 is 23.4 Å². The number of carbonyl (C=O) groups is 2. The number of aliphatic hydroxyl groups is 2. The van der Waals surface area contributed by atoms with Crippen LogP contribution in [0, 0.1) is 5.92 Å². The molecule has 0 aliphatic heterocycles. The number of rotatable bonds is 14. The summed E-state index contributed by atoms with van der Waals surface area (Å²) < 4.78 is 4.84. The molecule has 32 heavy (non-hydrogen) atoms. The zero-order valence-electron chi connectivity index (χ0n) is 19.0. The lowest BCUT2D eigenvalue weighted by Gasteiger charge is -2.23. The van der Waals surface area contributed by atoms with Crippen LogP contribution in [0.4, 0.5) is 0 Å². The minimum absolute atomic E-state index is 0.0468. The van der Waals surface area contributed by atoms with Gasteiger partial charge in [-0.05, 0) is 43.6 Å². The zero-order chi connectivity index (χ0) is 23.3. The Bertz CT molecular complexity index is 730. The molecule has 2 rings (SSSR count). The van der Waals surface area contributed by atoms with E-state index in [0.717, 1.165) is 43.2 Å². The van der Waals surface area contributed by atoms with Gasteiger partial charge < -0.3 is 14.9 Å². The maximum absolute atomic E-state index is 12.3. The van der Waals surface area contributed by atoms with Crippen molar-refractivity contribution in [3.63, 3.8) is 0 Å². The van der Waals surface area contributed by atoms with E-state index in [9.17, 15) is 14.7 Å². The molecule has 4 atom stereocenters. The van der Waals surface area contributed by atoms with Crippen LogP contribution in [0.2, 0.25) is 0 Å². The van der Waals surface area contributed by atoms with E-state index in [2.05, 4.69) is 13.0 Å². The summed E-state index contributed by atoms with van der Waals surface area (Å²) >= 11 is 6.57. The number of halogens is 1. The highest BCUT2D eigenvalue weighted by Crippen LogP contribution is 2.44. The van der Waals surface area contributed by atoms with Gasteiger partial charge in [0.2, 0.25) is 0 Å². The van der Waals surface area contributed by atoms with Crippen LogP contribution in [-0.4, -0.2) is 46.7 Å². The highest BCUT2D eigenvalue weighted by atomic mass is 35.5. The van der Waals surface area contributed by atoms with E-state index in [1.807, 2.05) is 30.3 Å². The first-order chi connectivity index (χ1) is 15.5. The largest absolute Gasteiger partial charge is 0.463 e. The smallest absolute Gasteiger partial charge is 0.305 e. The maximum atomic E-state index is 12.3. The third-order valence-electron chi connectivity index (χ3n) is 6.11. The molecule has 1 saturated carbocycles. The molecule has 0 radical (unpaired) electrons. The van der Waals surface area contributed by atoms with Gasteiger partial charge in [-0.1, -0.05) is 56.2 Å². The molecule has 6 heteroatoms. The lowest BCUT2D eigenvalue weighted by Crippen LogP contribution is -2.18. The molecule has 0 saturated heterocycles. The van der Waals surface area contributed by atoms with E-state index in [0.29, 0.717) is 25.7 Å². The number of alkyl halides is 1. The first kappa shape index (κ1) is 26.6. The highest BCUT2D eigenvalue weighted by Gasteiger charge is 2.41. The van der Waals surface area contributed by atoms with Crippen LogP contribution in [0.3, 0.4) is 0 Å². The summed E-state index contributed by atoms with van der Waals surface area (Å²) in [6.45, 7) is 2.02. The molecule has 1 aromatic rings. The van der Waals surface area contributed by atoms with Gasteiger partial charge in [-0.25, -0.2) is 0 Å². The summed E-state index contributed by atoms with van der Waals surface area (Å²) in [7, 11) is 0. The molecule has 1 aliphatic carbocycles. The Morgan fingerprint density at radius 2 is 1.88 bits per heavy atom. The Labute approximate surface area is 196 Å².